The molecule has 1 heterocycles. The first-order valence-electron chi connectivity index (χ1n) is 4.40. The van der Waals surface area contributed by atoms with E-state index in [1.165, 1.54) is 0 Å². The third-order valence-corrected chi connectivity index (χ3v) is 1.92. The van der Waals surface area contributed by atoms with E-state index in [1.54, 1.807) is 12.1 Å². The molecule has 0 aromatic carbocycles. The third kappa shape index (κ3) is 2.71. The molecule has 0 aliphatic rings. The van der Waals surface area contributed by atoms with Gasteiger partial charge in [0.15, 0.2) is 0 Å². The number of hydrogen-bond donors (Lipinski definition) is 1. The van der Waals surface area contributed by atoms with Crippen LogP contribution in [-0.2, 0) is 6.42 Å². The van der Waals surface area contributed by atoms with Gasteiger partial charge in [-0.15, -0.1) is 0 Å². The van der Waals surface area contributed by atoms with Crippen molar-refractivity contribution in [3.05, 3.63) is 33.7 Å². The summed E-state index contributed by atoms with van der Waals surface area (Å²) in [5.41, 5.74) is 0.727. The predicted octanol–water partition coefficient (Wildman–Crippen LogP) is 0.351. The highest BCUT2D eigenvalue weighted by Crippen LogP contribution is 1.95. The molecule has 0 radical (unpaired) electrons. The van der Waals surface area contributed by atoms with Crippen LogP contribution in [0.1, 0.15) is 11.3 Å². The van der Waals surface area contributed by atoms with Gasteiger partial charge in [-0.25, -0.2) is 0 Å². The van der Waals surface area contributed by atoms with Crippen molar-refractivity contribution in [1.29, 1.82) is 5.26 Å². The summed E-state index contributed by atoms with van der Waals surface area (Å²) < 4.78 is 0. The Bertz CT molecular complexity index is 401. The van der Waals surface area contributed by atoms with Crippen molar-refractivity contribution in [1.82, 2.24) is 9.88 Å². The Morgan fingerprint density at radius 1 is 1.50 bits per heavy atom. The van der Waals surface area contributed by atoms with Gasteiger partial charge in [0.2, 0.25) is 0 Å². The van der Waals surface area contributed by atoms with E-state index >= 15 is 0 Å². The fourth-order valence-corrected chi connectivity index (χ4v) is 1.09. The summed E-state index contributed by atoms with van der Waals surface area (Å²) in [7, 11) is 3.95. The maximum absolute atomic E-state index is 11.2. The summed E-state index contributed by atoms with van der Waals surface area (Å²) in [6.45, 7) is 0.877. The minimum atomic E-state index is -0.302. The van der Waals surface area contributed by atoms with Gasteiger partial charge >= 0.3 is 0 Å². The Kier molecular flexibility index (Phi) is 3.43. The molecule has 14 heavy (non-hydrogen) atoms. The molecule has 0 bridgehead atoms. The average Bonchev–Trinajstić information content (AvgIpc) is 2.15. The number of nitriles is 1. The van der Waals surface area contributed by atoms with E-state index in [1.807, 2.05) is 25.1 Å². The second kappa shape index (κ2) is 4.58. The summed E-state index contributed by atoms with van der Waals surface area (Å²) in [5, 5.41) is 8.55. The lowest BCUT2D eigenvalue weighted by atomic mass is 10.2. The van der Waals surface area contributed by atoms with Crippen LogP contribution in [0.25, 0.3) is 0 Å². The first-order valence-corrected chi connectivity index (χ1v) is 4.40. The molecule has 0 aliphatic heterocycles. The van der Waals surface area contributed by atoms with Crippen molar-refractivity contribution < 1.29 is 0 Å². The van der Waals surface area contributed by atoms with E-state index < -0.39 is 0 Å². The number of aromatic amines is 1. The Balaban J connectivity index is 2.78. The monoisotopic (exact) mass is 191 g/mol. The number of nitrogens with one attached hydrogen (secondary N) is 1. The van der Waals surface area contributed by atoms with E-state index in [2.05, 4.69) is 4.98 Å². The molecule has 1 aromatic rings. The number of H-pyrrole nitrogens is 1. The van der Waals surface area contributed by atoms with Gasteiger partial charge in [-0.3, -0.25) is 4.79 Å². The molecule has 1 N–H and O–H groups in total. The topological polar surface area (TPSA) is 59.9 Å². The first kappa shape index (κ1) is 10.5. The van der Waals surface area contributed by atoms with Crippen LogP contribution in [0.5, 0.6) is 0 Å². The number of likely N-dealkylation sites (N-methyl/N-ethyl adjacent to an activating group) is 1. The zero-order valence-electron chi connectivity index (χ0n) is 8.37. The second-order valence-corrected chi connectivity index (χ2v) is 3.39. The second-order valence-electron chi connectivity index (χ2n) is 3.39. The molecule has 0 spiro atoms. The molecule has 4 nitrogen and oxygen atoms in total. The first-order chi connectivity index (χ1) is 6.63. The normalized spacial score (nSPS) is 10.1. The van der Waals surface area contributed by atoms with Gasteiger partial charge in [0.25, 0.3) is 5.56 Å². The summed E-state index contributed by atoms with van der Waals surface area (Å²) in [4.78, 5) is 15.9. The van der Waals surface area contributed by atoms with Gasteiger partial charge in [0.1, 0.15) is 11.6 Å². The molecule has 4 heteroatoms. The number of aromatic nitrogens is 1. The van der Waals surface area contributed by atoms with Crippen LogP contribution in [0.3, 0.4) is 0 Å². The van der Waals surface area contributed by atoms with Gasteiger partial charge in [-0.1, -0.05) is 0 Å². The van der Waals surface area contributed by atoms with Crippen molar-refractivity contribution in [2.24, 2.45) is 0 Å². The van der Waals surface area contributed by atoms with Crippen LogP contribution in [0.2, 0.25) is 0 Å². The third-order valence-electron chi connectivity index (χ3n) is 1.92. The minimum absolute atomic E-state index is 0.165. The quantitative estimate of drug-likeness (QED) is 0.750. The zero-order valence-corrected chi connectivity index (χ0v) is 8.37. The van der Waals surface area contributed by atoms with Gasteiger partial charge in [-0.2, -0.15) is 5.26 Å². The lowest BCUT2D eigenvalue weighted by molar-refractivity contribution is 0.411. The van der Waals surface area contributed by atoms with Gasteiger partial charge < -0.3 is 9.88 Å². The van der Waals surface area contributed by atoms with Crippen molar-refractivity contribution in [2.45, 2.75) is 6.42 Å². The van der Waals surface area contributed by atoms with Crippen LogP contribution in [0.15, 0.2) is 16.9 Å². The fourth-order valence-electron chi connectivity index (χ4n) is 1.09. The number of nitrogens with zero attached hydrogens (tertiary/aromatic N) is 2. The van der Waals surface area contributed by atoms with Crippen molar-refractivity contribution >= 4 is 0 Å². The highest BCUT2D eigenvalue weighted by Gasteiger charge is 2.00. The van der Waals surface area contributed by atoms with E-state index in [0.29, 0.717) is 0 Å². The van der Waals surface area contributed by atoms with Crippen LogP contribution in [0, 0.1) is 11.3 Å². The molecule has 1 rings (SSSR count). The Morgan fingerprint density at radius 2 is 2.21 bits per heavy atom. The van der Waals surface area contributed by atoms with Crippen molar-refractivity contribution in [3.63, 3.8) is 0 Å². The lowest BCUT2D eigenvalue weighted by Crippen LogP contribution is -2.18. The standard InChI is InChI=1S/C10H13N3O/c1-13(2)6-5-9-4-3-8(7-11)10(14)12-9/h3-4H,5-6H2,1-2H3,(H,12,14). The van der Waals surface area contributed by atoms with E-state index in [9.17, 15) is 4.79 Å². The molecule has 0 unspecified atom stereocenters. The van der Waals surface area contributed by atoms with Gasteiger partial charge in [0.05, 0.1) is 0 Å². The molecule has 0 fully saturated rings. The SMILES string of the molecule is CN(C)CCc1ccc(C#N)c(=O)[nH]1. The Labute approximate surface area is 82.8 Å². The smallest absolute Gasteiger partial charge is 0.266 e. The summed E-state index contributed by atoms with van der Waals surface area (Å²) >= 11 is 0. The summed E-state index contributed by atoms with van der Waals surface area (Å²) in [6.07, 6.45) is 0.786. The maximum Gasteiger partial charge on any atom is 0.266 e. The van der Waals surface area contributed by atoms with Crippen LogP contribution >= 0.6 is 0 Å². The molecular weight excluding hydrogens is 178 g/mol. The van der Waals surface area contributed by atoms with Crippen molar-refractivity contribution in [3.8, 4) is 6.07 Å². The molecule has 0 saturated heterocycles. The lowest BCUT2D eigenvalue weighted by Gasteiger charge is -2.08. The molecule has 74 valence electrons. The Morgan fingerprint density at radius 3 is 2.71 bits per heavy atom. The van der Waals surface area contributed by atoms with Crippen LogP contribution in [-0.4, -0.2) is 30.5 Å². The van der Waals surface area contributed by atoms with Gasteiger partial charge in [-0.05, 0) is 26.2 Å². The molecular formula is C10H13N3O. The van der Waals surface area contributed by atoms with E-state index in [0.717, 1.165) is 18.7 Å². The maximum atomic E-state index is 11.2. The fraction of sp³-hybridized carbons (Fsp3) is 0.400. The number of rotatable bonds is 3. The summed E-state index contributed by atoms with van der Waals surface area (Å²) in [6, 6.07) is 5.17. The van der Waals surface area contributed by atoms with Gasteiger partial charge in [0, 0.05) is 18.7 Å². The molecule has 0 aliphatic carbocycles. The number of pyridine rings is 1. The zero-order chi connectivity index (χ0) is 10.6. The molecule has 0 amide bonds. The average molecular weight is 191 g/mol. The van der Waals surface area contributed by atoms with Crippen molar-refractivity contribution in [2.75, 3.05) is 20.6 Å². The van der Waals surface area contributed by atoms with E-state index in [-0.39, 0.29) is 11.1 Å². The van der Waals surface area contributed by atoms with E-state index in [4.69, 9.17) is 5.26 Å². The molecule has 0 atom stereocenters. The minimum Gasteiger partial charge on any atom is -0.325 e. The summed E-state index contributed by atoms with van der Waals surface area (Å²) in [5.74, 6) is 0. The molecule has 1 aromatic heterocycles. The highest BCUT2D eigenvalue weighted by atomic mass is 16.1. The Hall–Kier alpha value is -1.60. The van der Waals surface area contributed by atoms with Crippen LogP contribution in [0.4, 0.5) is 0 Å². The largest absolute Gasteiger partial charge is 0.325 e. The number of hydrogen-bond acceptors (Lipinski definition) is 3. The predicted molar refractivity (Wildman–Crippen MR) is 54.0 cm³/mol. The molecule has 0 saturated carbocycles. The van der Waals surface area contributed by atoms with Crippen LogP contribution < -0.4 is 5.56 Å². The highest BCUT2D eigenvalue weighted by molar-refractivity contribution is 5.26.